The van der Waals surface area contributed by atoms with Gasteiger partial charge in [0.25, 0.3) is 5.91 Å². The van der Waals surface area contributed by atoms with Gasteiger partial charge in [-0.25, -0.2) is 0 Å². The van der Waals surface area contributed by atoms with Crippen LogP contribution in [-0.4, -0.2) is 58.8 Å². The van der Waals surface area contributed by atoms with Crippen LogP contribution in [0.5, 0.6) is 0 Å². The number of hydrogen-bond donors (Lipinski definition) is 1. The number of amides is 2. The molecule has 1 aliphatic rings. The van der Waals surface area contributed by atoms with Crippen molar-refractivity contribution in [2.45, 2.75) is 25.9 Å². The zero-order valence-electron chi connectivity index (χ0n) is 11.1. The number of aromatic nitrogens is 2. The van der Waals surface area contributed by atoms with Crippen LogP contribution in [-0.2, 0) is 9.53 Å². The average Bonchev–Trinajstić information content (AvgIpc) is 2.84. The Morgan fingerprint density at radius 1 is 1.50 bits per heavy atom. The highest BCUT2D eigenvalue weighted by atomic mass is 35.5. The van der Waals surface area contributed by atoms with Gasteiger partial charge in [-0.2, -0.15) is 0 Å². The second kappa shape index (κ2) is 6.47. The van der Waals surface area contributed by atoms with E-state index < -0.39 is 6.04 Å². The van der Waals surface area contributed by atoms with Crippen LogP contribution in [0, 0.1) is 0 Å². The molecule has 20 heavy (non-hydrogen) atoms. The molecule has 1 N–H and O–H groups in total. The first-order valence-corrected chi connectivity index (χ1v) is 7.36. The predicted molar refractivity (Wildman–Crippen MR) is 73.8 cm³/mol. The van der Waals surface area contributed by atoms with E-state index in [4.69, 9.17) is 16.3 Å². The molecule has 1 aliphatic heterocycles. The van der Waals surface area contributed by atoms with Crippen molar-refractivity contribution in [3.63, 3.8) is 0 Å². The largest absolute Gasteiger partial charge is 0.377 e. The van der Waals surface area contributed by atoms with Crippen molar-refractivity contribution in [1.82, 2.24) is 20.4 Å². The maximum atomic E-state index is 12.4. The van der Waals surface area contributed by atoms with E-state index in [1.54, 1.807) is 0 Å². The summed E-state index contributed by atoms with van der Waals surface area (Å²) in [7, 11) is 0. The molecule has 0 aliphatic carbocycles. The highest BCUT2D eigenvalue weighted by Crippen LogP contribution is 2.19. The molecule has 1 atom stereocenters. The van der Waals surface area contributed by atoms with Gasteiger partial charge in [0.15, 0.2) is 0 Å². The van der Waals surface area contributed by atoms with Crippen LogP contribution in [0.3, 0.4) is 0 Å². The molecule has 0 saturated carbocycles. The van der Waals surface area contributed by atoms with Crippen molar-refractivity contribution >= 4 is 34.8 Å². The Bertz CT molecular complexity index is 508. The number of morpholine rings is 1. The van der Waals surface area contributed by atoms with E-state index in [0.29, 0.717) is 13.2 Å². The van der Waals surface area contributed by atoms with E-state index in [2.05, 4.69) is 15.5 Å². The number of halogens is 1. The Kier molecular flexibility index (Phi) is 4.90. The Balaban J connectivity index is 2.14. The Hall–Kier alpha value is -1.25. The molecule has 0 spiro atoms. The molecule has 1 saturated heterocycles. The summed E-state index contributed by atoms with van der Waals surface area (Å²) in [6.07, 6.45) is 0. The second-order valence-electron chi connectivity index (χ2n) is 4.61. The van der Waals surface area contributed by atoms with E-state index in [1.165, 1.54) is 4.90 Å². The van der Waals surface area contributed by atoms with Crippen LogP contribution in [0.4, 0.5) is 0 Å². The molecular formula is C11H15ClN4O3S. The highest BCUT2D eigenvalue weighted by molar-refractivity contribution is 7.17. The fourth-order valence-corrected chi connectivity index (χ4v) is 2.64. The second-order valence-corrected chi connectivity index (χ2v) is 6.17. The third-order valence-electron chi connectivity index (χ3n) is 2.71. The third kappa shape index (κ3) is 3.44. The molecule has 2 rings (SSSR count). The normalized spacial score (nSPS) is 19.2. The van der Waals surface area contributed by atoms with Gasteiger partial charge in [-0.1, -0.05) is 11.3 Å². The van der Waals surface area contributed by atoms with Crippen molar-refractivity contribution in [2.24, 2.45) is 0 Å². The van der Waals surface area contributed by atoms with Gasteiger partial charge in [0.05, 0.1) is 13.2 Å². The van der Waals surface area contributed by atoms with Crippen LogP contribution in [0.15, 0.2) is 0 Å². The Morgan fingerprint density at radius 3 is 2.85 bits per heavy atom. The quantitative estimate of drug-likeness (QED) is 0.880. The summed E-state index contributed by atoms with van der Waals surface area (Å²) < 4.78 is 5.49. The minimum Gasteiger partial charge on any atom is -0.377 e. The van der Waals surface area contributed by atoms with Gasteiger partial charge in [0, 0.05) is 12.6 Å². The molecule has 0 aromatic carbocycles. The highest BCUT2D eigenvalue weighted by Gasteiger charge is 2.34. The van der Waals surface area contributed by atoms with Crippen molar-refractivity contribution in [2.75, 3.05) is 19.8 Å². The summed E-state index contributed by atoms with van der Waals surface area (Å²) in [5, 5.41) is 10.3. The van der Waals surface area contributed by atoms with Crippen LogP contribution >= 0.6 is 22.9 Å². The summed E-state index contributed by atoms with van der Waals surface area (Å²) in [6.45, 7) is 4.63. The topological polar surface area (TPSA) is 84.4 Å². The maximum absolute atomic E-state index is 12.4. The summed E-state index contributed by atoms with van der Waals surface area (Å²) in [6, 6.07) is -0.654. The number of ether oxygens (including phenoxy) is 1. The molecule has 9 heteroatoms. The van der Waals surface area contributed by atoms with Crippen molar-refractivity contribution in [3.05, 3.63) is 9.47 Å². The Morgan fingerprint density at radius 2 is 2.25 bits per heavy atom. The van der Waals surface area contributed by atoms with Crippen LogP contribution in [0.2, 0.25) is 4.47 Å². The van der Waals surface area contributed by atoms with E-state index in [-0.39, 0.29) is 33.9 Å². The third-order valence-corrected chi connectivity index (χ3v) is 3.71. The zero-order chi connectivity index (χ0) is 14.7. The summed E-state index contributed by atoms with van der Waals surface area (Å²) in [4.78, 5) is 25.9. The number of carbonyl (C=O) groups excluding carboxylic acids is 2. The van der Waals surface area contributed by atoms with Gasteiger partial charge in [0.1, 0.15) is 6.04 Å². The monoisotopic (exact) mass is 318 g/mol. The number of nitrogens with one attached hydrogen (secondary N) is 1. The molecule has 1 aromatic rings. The predicted octanol–water partition coefficient (Wildman–Crippen LogP) is 0.557. The number of nitrogens with zero attached hydrogens (tertiary/aromatic N) is 3. The average molecular weight is 319 g/mol. The Labute approximate surface area is 125 Å². The fourth-order valence-electron chi connectivity index (χ4n) is 1.86. The van der Waals surface area contributed by atoms with Gasteiger partial charge >= 0.3 is 0 Å². The molecule has 2 heterocycles. The molecule has 1 aromatic heterocycles. The number of rotatable bonds is 3. The molecule has 1 fully saturated rings. The van der Waals surface area contributed by atoms with E-state index in [9.17, 15) is 9.59 Å². The number of hydrogen-bond acceptors (Lipinski definition) is 6. The van der Waals surface area contributed by atoms with E-state index >= 15 is 0 Å². The van der Waals surface area contributed by atoms with Crippen molar-refractivity contribution < 1.29 is 14.3 Å². The minimum absolute atomic E-state index is 0.00245. The summed E-state index contributed by atoms with van der Waals surface area (Å²) in [5.74, 6) is -0.578. The first-order valence-electron chi connectivity index (χ1n) is 6.17. The lowest BCUT2D eigenvalue weighted by molar-refractivity contribution is -0.131. The van der Waals surface area contributed by atoms with E-state index in [0.717, 1.165) is 11.3 Å². The molecule has 7 nitrogen and oxygen atoms in total. The molecule has 2 amide bonds. The summed E-state index contributed by atoms with van der Waals surface area (Å²) in [5.41, 5.74) is 0. The zero-order valence-corrected chi connectivity index (χ0v) is 12.7. The standard InChI is InChI=1S/C11H15ClN4O3S/c1-6(2)13-8(17)7-5-19-4-3-16(7)10(18)9-14-15-11(12)20-9/h6-7H,3-5H2,1-2H3,(H,13,17). The molecule has 0 radical (unpaired) electrons. The molecule has 1 unspecified atom stereocenters. The first-order chi connectivity index (χ1) is 9.49. The minimum atomic E-state index is -0.652. The smallest absolute Gasteiger partial charge is 0.285 e. The van der Waals surface area contributed by atoms with Crippen LogP contribution in [0.25, 0.3) is 0 Å². The van der Waals surface area contributed by atoms with Crippen molar-refractivity contribution in [1.29, 1.82) is 0 Å². The van der Waals surface area contributed by atoms with Gasteiger partial charge in [0.2, 0.25) is 15.4 Å². The lowest BCUT2D eigenvalue weighted by Crippen LogP contribution is -2.56. The van der Waals surface area contributed by atoms with Gasteiger partial charge in [-0.3, -0.25) is 9.59 Å². The van der Waals surface area contributed by atoms with Crippen molar-refractivity contribution in [3.8, 4) is 0 Å². The lowest BCUT2D eigenvalue weighted by atomic mass is 10.2. The van der Waals surface area contributed by atoms with Gasteiger partial charge in [-0.05, 0) is 25.4 Å². The fraction of sp³-hybridized carbons (Fsp3) is 0.636. The van der Waals surface area contributed by atoms with Crippen LogP contribution < -0.4 is 5.32 Å². The van der Waals surface area contributed by atoms with E-state index in [1.807, 2.05) is 13.8 Å². The summed E-state index contributed by atoms with van der Waals surface area (Å²) >= 11 is 6.68. The lowest BCUT2D eigenvalue weighted by Gasteiger charge is -2.34. The molecule has 0 bridgehead atoms. The SMILES string of the molecule is CC(C)NC(=O)C1COCCN1C(=O)c1nnc(Cl)s1. The first kappa shape index (κ1) is 15.1. The maximum Gasteiger partial charge on any atom is 0.285 e. The van der Waals surface area contributed by atoms with Crippen LogP contribution in [0.1, 0.15) is 23.6 Å². The number of carbonyl (C=O) groups is 2. The van der Waals surface area contributed by atoms with Gasteiger partial charge < -0.3 is 15.0 Å². The molecular weight excluding hydrogens is 304 g/mol. The molecule has 110 valence electrons. The van der Waals surface area contributed by atoms with Gasteiger partial charge in [-0.15, -0.1) is 10.2 Å².